The van der Waals surface area contributed by atoms with E-state index in [1.54, 1.807) is 0 Å². The van der Waals surface area contributed by atoms with Crippen LogP contribution in [-0.2, 0) is 24.8 Å². The lowest BCUT2D eigenvalue weighted by molar-refractivity contribution is -0.116. The molecule has 0 spiro atoms. The Bertz CT molecular complexity index is 943. The van der Waals surface area contributed by atoms with Gasteiger partial charge in [0.15, 0.2) is 0 Å². The highest BCUT2D eigenvalue weighted by atomic mass is 32.2. The summed E-state index contributed by atoms with van der Waals surface area (Å²) in [5.74, 6) is -0.908. The van der Waals surface area contributed by atoms with Crippen LogP contribution in [0.3, 0.4) is 0 Å². The van der Waals surface area contributed by atoms with E-state index in [0.29, 0.717) is 9.87 Å². The van der Waals surface area contributed by atoms with E-state index in [1.165, 1.54) is 32.9 Å². The van der Waals surface area contributed by atoms with Gasteiger partial charge < -0.3 is 0 Å². The van der Waals surface area contributed by atoms with Crippen LogP contribution in [0.4, 0.5) is 5.69 Å². The molecule has 8 nitrogen and oxygen atoms in total. The highest BCUT2D eigenvalue weighted by Gasteiger charge is 2.37. The Morgan fingerprint density at radius 3 is 2.46 bits per heavy atom. The summed E-state index contributed by atoms with van der Waals surface area (Å²) in [6.07, 6.45) is -0.141. The highest BCUT2D eigenvalue weighted by Crippen LogP contribution is 2.29. The number of nitrogens with zero attached hydrogens (tertiary/aromatic N) is 2. The second-order valence-electron chi connectivity index (χ2n) is 6.02. The Labute approximate surface area is 141 Å². The molecule has 24 heavy (non-hydrogen) atoms. The van der Waals surface area contributed by atoms with E-state index in [-0.39, 0.29) is 22.8 Å². The first-order valence-electron chi connectivity index (χ1n) is 7.01. The maximum Gasteiger partial charge on any atom is 0.242 e. The second kappa shape index (κ2) is 5.84. The molecule has 0 atom stereocenters. The van der Waals surface area contributed by atoms with Crippen molar-refractivity contribution in [3.05, 3.63) is 23.8 Å². The molecular formula is C14H17N3O5S2. The fourth-order valence-electron chi connectivity index (χ4n) is 2.29. The van der Waals surface area contributed by atoms with Crippen LogP contribution >= 0.6 is 0 Å². The van der Waals surface area contributed by atoms with Crippen LogP contribution in [0.15, 0.2) is 23.1 Å². The van der Waals surface area contributed by atoms with Gasteiger partial charge in [-0.15, -0.1) is 0 Å². The molecule has 1 heterocycles. The number of nitriles is 1. The van der Waals surface area contributed by atoms with Gasteiger partial charge in [-0.25, -0.2) is 21.1 Å². The molecule has 0 unspecified atom stereocenters. The maximum atomic E-state index is 12.5. The topological polar surface area (TPSA) is 124 Å². The summed E-state index contributed by atoms with van der Waals surface area (Å²) in [5.41, 5.74) is -1.00. The summed E-state index contributed by atoms with van der Waals surface area (Å²) in [6.45, 7) is 4.34. The standard InChI is InChI=1S/C14H17N3O5S2/c1-10-4-5-11(17-13(18)6-7-23(17,19)20)8-12(10)24(21,22)16-14(2,3)9-15/h4-5,8,16H,6-7H2,1-3H3. The first kappa shape index (κ1) is 18.4. The predicted molar refractivity (Wildman–Crippen MR) is 87.1 cm³/mol. The molecule has 1 N–H and O–H groups in total. The normalized spacial score (nSPS) is 17.8. The number of anilines is 1. The Morgan fingerprint density at radius 1 is 1.33 bits per heavy atom. The van der Waals surface area contributed by atoms with Gasteiger partial charge >= 0.3 is 0 Å². The molecule has 0 saturated carbocycles. The second-order valence-corrected chi connectivity index (χ2v) is 9.60. The summed E-state index contributed by atoms with van der Waals surface area (Å²) in [5, 5.41) is 8.99. The lowest BCUT2D eigenvalue weighted by Gasteiger charge is -2.20. The Kier molecular flexibility index (Phi) is 4.47. The molecule has 1 aliphatic heterocycles. The van der Waals surface area contributed by atoms with Crippen molar-refractivity contribution >= 4 is 31.6 Å². The first-order valence-corrected chi connectivity index (χ1v) is 10.1. The van der Waals surface area contributed by atoms with Crippen molar-refractivity contribution in [2.75, 3.05) is 10.1 Å². The van der Waals surface area contributed by atoms with Crippen molar-refractivity contribution in [3.8, 4) is 6.07 Å². The molecule has 1 amide bonds. The molecule has 2 rings (SSSR count). The van der Waals surface area contributed by atoms with Gasteiger partial charge in [0.25, 0.3) is 0 Å². The third-order valence-corrected chi connectivity index (χ3v) is 6.93. The lowest BCUT2D eigenvalue weighted by atomic mass is 10.1. The smallest absolute Gasteiger partial charge is 0.242 e. The zero-order valence-electron chi connectivity index (χ0n) is 13.4. The summed E-state index contributed by atoms with van der Waals surface area (Å²) in [4.78, 5) is 11.7. The fraction of sp³-hybridized carbons (Fsp3) is 0.429. The molecule has 1 saturated heterocycles. The number of hydrogen-bond acceptors (Lipinski definition) is 6. The number of aryl methyl sites for hydroxylation is 1. The number of rotatable bonds is 4. The van der Waals surface area contributed by atoms with Crippen LogP contribution in [0.1, 0.15) is 25.8 Å². The van der Waals surface area contributed by atoms with E-state index in [0.717, 1.165) is 6.07 Å². The quantitative estimate of drug-likeness (QED) is 0.828. The molecule has 1 fully saturated rings. The first-order chi connectivity index (χ1) is 10.9. The van der Waals surface area contributed by atoms with E-state index in [1.807, 2.05) is 6.07 Å². The van der Waals surface area contributed by atoms with Crippen molar-refractivity contribution in [2.24, 2.45) is 0 Å². The zero-order valence-corrected chi connectivity index (χ0v) is 15.0. The number of amides is 1. The molecule has 0 bridgehead atoms. The van der Waals surface area contributed by atoms with Crippen molar-refractivity contribution in [2.45, 2.75) is 37.6 Å². The highest BCUT2D eigenvalue weighted by molar-refractivity contribution is 7.94. The molecule has 0 aliphatic carbocycles. The zero-order chi connectivity index (χ0) is 18.3. The Balaban J connectivity index is 2.55. The van der Waals surface area contributed by atoms with Crippen molar-refractivity contribution in [1.82, 2.24) is 4.72 Å². The maximum absolute atomic E-state index is 12.5. The van der Waals surface area contributed by atoms with Crippen LogP contribution in [0.25, 0.3) is 0 Å². The largest absolute Gasteiger partial charge is 0.273 e. The van der Waals surface area contributed by atoms with Gasteiger partial charge in [0.05, 0.1) is 22.4 Å². The fourth-order valence-corrected chi connectivity index (χ4v) is 5.33. The minimum Gasteiger partial charge on any atom is -0.273 e. The van der Waals surface area contributed by atoms with Crippen molar-refractivity contribution in [1.29, 1.82) is 5.26 Å². The van der Waals surface area contributed by atoms with Crippen LogP contribution in [0.5, 0.6) is 0 Å². The number of carbonyl (C=O) groups excluding carboxylic acids is 1. The molecular weight excluding hydrogens is 354 g/mol. The van der Waals surface area contributed by atoms with E-state index in [4.69, 9.17) is 5.26 Å². The van der Waals surface area contributed by atoms with Crippen LogP contribution in [0.2, 0.25) is 0 Å². The third-order valence-electron chi connectivity index (χ3n) is 3.44. The number of benzene rings is 1. The van der Waals surface area contributed by atoms with Gasteiger partial charge in [-0.3, -0.25) is 4.79 Å². The number of hydrogen-bond donors (Lipinski definition) is 1. The van der Waals surface area contributed by atoms with Crippen molar-refractivity contribution in [3.63, 3.8) is 0 Å². The van der Waals surface area contributed by atoms with E-state index in [9.17, 15) is 21.6 Å². The van der Waals surface area contributed by atoms with Gasteiger partial charge in [0.1, 0.15) is 5.54 Å². The summed E-state index contributed by atoms with van der Waals surface area (Å²) < 4.78 is 51.9. The number of carbonyl (C=O) groups is 1. The third kappa shape index (κ3) is 3.43. The predicted octanol–water partition coefficient (Wildman–Crippen LogP) is 0.642. The minimum atomic E-state index is -4.07. The lowest BCUT2D eigenvalue weighted by Crippen LogP contribution is -2.42. The number of sulfonamides is 2. The van der Waals surface area contributed by atoms with Crippen LogP contribution < -0.4 is 9.03 Å². The van der Waals surface area contributed by atoms with Gasteiger partial charge in [-0.1, -0.05) is 6.07 Å². The molecule has 1 aliphatic rings. The molecule has 1 aromatic rings. The van der Waals surface area contributed by atoms with Gasteiger partial charge in [0, 0.05) is 6.42 Å². The van der Waals surface area contributed by atoms with Gasteiger partial charge in [-0.05, 0) is 38.5 Å². The SMILES string of the molecule is Cc1ccc(N2C(=O)CCS2(=O)=O)cc1S(=O)(=O)NC(C)(C)C#N. The molecule has 1 aromatic carbocycles. The Morgan fingerprint density at radius 2 is 1.96 bits per heavy atom. The van der Waals surface area contributed by atoms with E-state index in [2.05, 4.69) is 4.72 Å². The van der Waals surface area contributed by atoms with Crippen LogP contribution in [0, 0.1) is 18.3 Å². The summed E-state index contributed by atoms with van der Waals surface area (Å²) in [7, 11) is -7.86. The average molecular weight is 371 g/mol. The van der Waals surface area contributed by atoms with E-state index >= 15 is 0 Å². The molecule has 10 heteroatoms. The summed E-state index contributed by atoms with van der Waals surface area (Å²) >= 11 is 0. The molecule has 130 valence electrons. The number of nitrogens with one attached hydrogen (secondary N) is 1. The van der Waals surface area contributed by atoms with E-state index < -0.39 is 31.5 Å². The summed E-state index contributed by atoms with van der Waals surface area (Å²) in [6, 6.07) is 5.76. The average Bonchev–Trinajstić information content (AvgIpc) is 2.72. The monoisotopic (exact) mass is 371 g/mol. The van der Waals surface area contributed by atoms with Crippen molar-refractivity contribution < 1.29 is 21.6 Å². The molecule has 0 aromatic heterocycles. The molecule has 0 radical (unpaired) electrons. The minimum absolute atomic E-state index is 0.0294. The van der Waals surface area contributed by atoms with Crippen LogP contribution in [-0.4, -0.2) is 34.0 Å². The van der Waals surface area contributed by atoms with Gasteiger partial charge in [-0.2, -0.15) is 9.98 Å². The Hall–Kier alpha value is -1.96. The van der Waals surface area contributed by atoms with Gasteiger partial charge in [0.2, 0.25) is 26.0 Å².